The summed E-state index contributed by atoms with van der Waals surface area (Å²) in [5.74, 6) is -1.10. The van der Waals surface area contributed by atoms with E-state index in [-0.39, 0.29) is 30.7 Å². The van der Waals surface area contributed by atoms with Crippen molar-refractivity contribution in [1.82, 2.24) is 10.6 Å². The number of amides is 2. The van der Waals surface area contributed by atoms with Crippen LogP contribution in [0.1, 0.15) is 30.4 Å². The second-order valence-corrected chi connectivity index (χ2v) is 9.33. The summed E-state index contributed by atoms with van der Waals surface area (Å²) in [6.07, 6.45) is -0.588. The molecule has 0 unspecified atom stereocenters. The average molecular weight is 515 g/mol. The Morgan fingerprint density at radius 2 is 1.53 bits per heavy atom. The summed E-state index contributed by atoms with van der Waals surface area (Å²) in [5, 5.41) is 5.12. The summed E-state index contributed by atoms with van der Waals surface area (Å²) in [6.45, 7) is 1.58. The largest absolute Gasteiger partial charge is 0.469 e. The first-order valence-electron chi connectivity index (χ1n) is 11.5. The van der Waals surface area contributed by atoms with Crippen molar-refractivity contribution in [2.24, 2.45) is 0 Å². The number of fused-ring (bicyclic) bond motifs is 3. The summed E-state index contributed by atoms with van der Waals surface area (Å²) < 4.78 is 14.8. The average Bonchev–Trinajstić information content (AvgIpc) is 3.21. The van der Waals surface area contributed by atoms with Gasteiger partial charge in [0.15, 0.2) is 0 Å². The number of methoxy groups -OCH3 is 2. The fourth-order valence-electron chi connectivity index (χ4n) is 3.97. The number of benzene rings is 2. The van der Waals surface area contributed by atoms with Gasteiger partial charge in [0.05, 0.1) is 20.6 Å². The van der Waals surface area contributed by atoms with Gasteiger partial charge in [-0.3, -0.25) is 9.59 Å². The molecule has 0 fully saturated rings. The van der Waals surface area contributed by atoms with Gasteiger partial charge in [-0.25, -0.2) is 9.59 Å². The number of carbonyl (C=O) groups is 4. The van der Waals surface area contributed by atoms with Crippen LogP contribution in [0.2, 0.25) is 0 Å². The molecular formula is C26H30N2O7S. The number of alkyl carbamates (subject to hydrolysis) is 1. The minimum Gasteiger partial charge on any atom is -0.469 e. The van der Waals surface area contributed by atoms with Crippen molar-refractivity contribution in [3.63, 3.8) is 0 Å². The fourth-order valence-corrected chi connectivity index (χ4v) is 4.92. The van der Waals surface area contributed by atoms with Crippen molar-refractivity contribution in [3.05, 3.63) is 59.7 Å². The van der Waals surface area contributed by atoms with Gasteiger partial charge in [0.1, 0.15) is 18.7 Å². The monoisotopic (exact) mass is 514 g/mol. The van der Waals surface area contributed by atoms with E-state index in [9.17, 15) is 19.2 Å². The van der Waals surface area contributed by atoms with Gasteiger partial charge in [-0.1, -0.05) is 48.5 Å². The molecule has 36 heavy (non-hydrogen) atoms. The lowest BCUT2D eigenvalue weighted by Crippen LogP contribution is -2.52. The molecule has 1 aliphatic rings. The van der Waals surface area contributed by atoms with Crippen LogP contribution in [0.5, 0.6) is 0 Å². The molecule has 2 aromatic carbocycles. The molecule has 2 amide bonds. The van der Waals surface area contributed by atoms with Gasteiger partial charge in [0, 0.05) is 17.4 Å². The van der Waals surface area contributed by atoms with Crippen molar-refractivity contribution in [3.8, 4) is 11.1 Å². The zero-order valence-electron chi connectivity index (χ0n) is 20.4. The number of thioether (sulfide) groups is 1. The first-order valence-corrected chi connectivity index (χ1v) is 12.7. The summed E-state index contributed by atoms with van der Waals surface area (Å²) in [6, 6.07) is 14.1. The Morgan fingerprint density at radius 3 is 2.11 bits per heavy atom. The minimum absolute atomic E-state index is 0.0995. The van der Waals surface area contributed by atoms with Gasteiger partial charge in [-0.05, 0) is 29.2 Å². The molecule has 2 atom stereocenters. The van der Waals surface area contributed by atoms with Gasteiger partial charge in [-0.2, -0.15) is 11.8 Å². The van der Waals surface area contributed by atoms with E-state index >= 15 is 0 Å². The van der Waals surface area contributed by atoms with E-state index in [1.54, 1.807) is 0 Å². The summed E-state index contributed by atoms with van der Waals surface area (Å²) in [7, 11) is 2.52. The van der Waals surface area contributed by atoms with Gasteiger partial charge in [-0.15, -0.1) is 0 Å². The van der Waals surface area contributed by atoms with Gasteiger partial charge in [0.25, 0.3) is 0 Å². The number of hydrogen-bond donors (Lipinski definition) is 2. The Morgan fingerprint density at radius 1 is 0.917 bits per heavy atom. The summed E-state index contributed by atoms with van der Waals surface area (Å²) >= 11 is 1.29. The number of esters is 2. The lowest BCUT2D eigenvalue weighted by atomic mass is 9.98. The highest BCUT2D eigenvalue weighted by atomic mass is 32.2. The smallest absolute Gasteiger partial charge is 0.407 e. The molecular weight excluding hydrogens is 484 g/mol. The number of carbonyl (C=O) groups excluding carboxylic acids is 4. The Bertz CT molecular complexity index is 1060. The maximum Gasteiger partial charge on any atom is 0.407 e. The highest BCUT2D eigenvalue weighted by Gasteiger charge is 2.30. The van der Waals surface area contributed by atoms with Crippen LogP contribution in [0.25, 0.3) is 11.1 Å². The Hall–Kier alpha value is -3.53. The van der Waals surface area contributed by atoms with Gasteiger partial charge >= 0.3 is 18.0 Å². The maximum absolute atomic E-state index is 12.8. The molecule has 9 nitrogen and oxygen atoms in total. The van der Waals surface area contributed by atoms with Crippen LogP contribution in [0, 0.1) is 0 Å². The molecule has 0 saturated carbocycles. The third kappa shape index (κ3) is 6.78. The molecule has 0 radical (unpaired) electrons. The summed E-state index contributed by atoms with van der Waals surface area (Å²) in [5.41, 5.74) is 4.37. The second-order valence-electron chi connectivity index (χ2n) is 8.18. The molecule has 0 aromatic heterocycles. The van der Waals surface area contributed by atoms with Crippen LogP contribution in [-0.4, -0.2) is 68.4 Å². The van der Waals surface area contributed by atoms with E-state index in [4.69, 9.17) is 4.74 Å². The Kier molecular flexibility index (Phi) is 9.75. The lowest BCUT2D eigenvalue weighted by Gasteiger charge is -2.21. The normalized spacial score (nSPS) is 13.5. The van der Waals surface area contributed by atoms with Crippen molar-refractivity contribution in [2.75, 3.05) is 32.3 Å². The molecule has 0 bridgehead atoms. The molecule has 0 aliphatic heterocycles. The Labute approximate surface area is 214 Å². The quantitative estimate of drug-likeness (QED) is 0.267. The molecule has 3 rings (SSSR count). The van der Waals surface area contributed by atoms with Crippen molar-refractivity contribution in [1.29, 1.82) is 0 Å². The Balaban J connectivity index is 1.63. The van der Waals surface area contributed by atoms with E-state index in [1.807, 2.05) is 48.5 Å². The number of nitrogens with one attached hydrogen (secondary N) is 2. The molecule has 192 valence electrons. The summed E-state index contributed by atoms with van der Waals surface area (Å²) in [4.78, 5) is 48.6. The van der Waals surface area contributed by atoms with Crippen molar-refractivity contribution < 1.29 is 33.4 Å². The van der Waals surface area contributed by atoms with Gasteiger partial charge in [0.2, 0.25) is 5.91 Å². The second kappa shape index (κ2) is 13.0. The van der Waals surface area contributed by atoms with Crippen LogP contribution in [0.15, 0.2) is 48.5 Å². The molecule has 0 spiro atoms. The zero-order chi connectivity index (χ0) is 26.1. The number of ether oxygens (including phenoxy) is 3. The van der Waals surface area contributed by atoms with Crippen molar-refractivity contribution in [2.45, 2.75) is 31.3 Å². The topological polar surface area (TPSA) is 120 Å². The molecule has 10 heteroatoms. The first kappa shape index (κ1) is 27.1. The molecule has 0 saturated heterocycles. The predicted molar refractivity (Wildman–Crippen MR) is 136 cm³/mol. The highest BCUT2D eigenvalue weighted by molar-refractivity contribution is 7.99. The molecule has 2 N–H and O–H groups in total. The van der Waals surface area contributed by atoms with E-state index < -0.39 is 30.1 Å². The number of hydrogen-bond acceptors (Lipinski definition) is 8. The van der Waals surface area contributed by atoms with Crippen LogP contribution in [0.3, 0.4) is 0 Å². The standard InChI is InChI=1S/C26H30N2O7S/c1-16(25(31)34-3)27-24(30)22(15-36-13-12-23(29)33-2)28-26(32)35-14-21-19-10-6-4-8-17(19)18-9-5-7-11-20(18)21/h4-11,16,21-22H,12-15H2,1-3H3,(H,27,30)(H,28,32)/t16-,22-/m1/s1. The van der Waals surface area contributed by atoms with E-state index in [2.05, 4.69) is 20.1 Å². The SMILES string of the molecule is COC(=O)CCSC[C@@H](NC(=O)OCC1c2ccccc2-c2ccccc21)C(=O)N[C@H](C)C(=O)OC. The fraction of sp³-hybridized carbons (Fsp3) is 0.385. The van der Waals surface area contributed by atoms with Crippen molar-refractivity contribution >= 4 is 35.7 Å². The van der Waals surface area contributed by atoms with Crippen LogP contribution < -0.4 is 10.6 Å². The number of rotatable bonds is 11. The molecule has 0 heterocycles. The molecule has 2 aromatic rings. The zero-order valence-corrected chi connectivity index (χ0v) is 21.3. The highest BCUT2D eigenvalue weighted by Crippen LogP contribution is 2.44. The third-order valence-electron chi connectivity index (χ3n) is 5.83. The predicted octanol–water partition coefficient (Wildman–Crippen LogP) is 2.87. The third-order valence-corrected chi connectivity index (χ3v) is 6.89. The van der Waals surface area contributed by atoms with Crippen LogP contribution >= 0.6 is 11.8 Å². The minimum atomic E-state index is -0.990. The van der Waals surface area contributed by atoms with Gasteiger partial charge < -0.3 is 24.8 Å². The maximum atomic E-state index is 12.8. The van der Waals surface area contributed by atoms with E-state index in [0.29, 0.717) is 5.75 Å². The first-order chi connectivity index (χ1) is 17.3. The van der Waals surface area contributed by atoms with Crippen LogP contribution in [-0.2, 0) is 28.6 Å². The molecule has 1 aliphatic carbocycles. The van der Waals surface area contributed by atoms with E-state index in [1.165, 1.54) is 32.9 Å². The van der Waals surface area contributed by atoms with Crippen LogP contribution in [0.4, 0.5) is 4.79 Å². The lowest BCUT2D eigenvalue weighted by molar-refractivity contribution is -0.144. The van der Waals surface area contributed by atoms with E-state index in [0.717, 1.165) is 22.3 Å².